The van der Waals surface area contributed by atoms with Crippen molar-refractivity contribution in [3.05, 3.63) is 125 Å². The third-order valence-corrected chi connectivity index (χ3v) is 8.00. The summed E-state index contributed by atoms with van der Waals surface area (Å²) in [6.45, 7) is 4.17. The summed E-state index contributed by atoms with van der Waals surface area (Å²) in [6, 6.07) is 27.0. The van der Waals surface area contributed by atoms with Crippen molar-refractivity contribution in [2.24, 2.45) is 5.92 Å². The Morgan fingerprint density at radius 2 is 1.51 bits per heavy atom. The number of carbonyl (C=O) groups excluding carboxylic acids is 2. The van der Waals surface area contributed by atoms with Gasteiger partial charge in [-0.15, -0.1) is 0 Å². The van der Waals surface area contributed by atoms with Crippen molar-refractivity contribution in [3.63, 3.8) is 0 Å². The summed E-state index contributed by atoms with van der Waals surface area (Å²) in [5, 5.41) is 15.9. The van der Waals surface area contributed by atoms with Gasteiger partial charge in [0.2, 0.25) is 5.91 Å². The number of hydrogen-bond acceptors (Lipinski definition) is 4. The second-order valence-electron chi connectivity index (χ2n) is 11.5. The van der Waals surface area contributed by atoms with Crippen molar-refractivity contribution in [2.75, 3.05) is 5.32 Å². The van der Waals surface area contributed by atoms with Crippen LogP contribution in [0.1, 0.15) is 73.0 Å². The van der Waals surface area contributed by atoms with E-state index in [-0.39, 0.29) is 36.4 Å². The van der Waals surface area contributed by atoms with E-state index in [1.165, 1.54) is 6.07 Å². The van der Waals surface area contributed by atoms with Crippen molar-refractivity contribution in [2.45, 2.75) is 65.0 Å². The zero-order valence-electron chi connectivity index (χ0n) is 25.9. The maximum absolute atomic E-state index is 14.6. The van der Waals surface area contributed by atoms with Crippen LogP contribution in [0.15, 0.2) is 97.1 Å². The fraction of sp³-hybridized carbons (Fsp3) is 0.289. The summed E-state index contributed by atoms with van der Waals surface area (Å²) < 4.78 is 14.6. The number of rotatable bonds is 16. The van der Waals surface area contributed by atoms with Gasteiger partial charge < -0.3 is 15.7 Å². The molecule has 0 aliphatic rings. The van der Waals surface area contributed by atoms with E-state index < -0.39 is 12.0 Å². The largest absolute Gasteiger partial charge is 0.480 e. The van der Waals surface area contributed by atoms with E-state index in [9.17, 15) is 23.9 Å². The number of anilines is 1. The molecule has 7 heteroatoms. The van der Waals surface area contributed by atoms with Gasteiger partial charge in [0.15, 0.2) is 5.78 Å². The summed E-state index contributed by atoms with van der Waals surface area (Å²) in [5.41, 5.74) is 4.19. The standard InChI is InChI=1S/C38H41FN2O4/c1-3-4-5-7-12-26(2)37(43)40-25-31-24-30(21-22-33(31)39)28-19-17-27(18-20-28)23-35(38(44)45)41-34-16-11-10-15-32(34)36(42)29-13-8-6-9-14-29/h6,8-11,13-22,24,26,35,41H,3-5,7,12,23,25H2,1-2H3,(H,40,43)(H,44,45). The Hall–Kier alpha value is -4.78. The molecule has 0 spiro atoms. The number of carboxylic acids is 1. The highest BCUT2D eigenvalue weighted by Crippen LogP contribution is 2.25. The van der Waals surface area contributed by atoms with E-state index in [0.29, 0.717) is 22.4 Å². The van der Waals surface area contributed by atoms with Gasteiger partial charge in [-0.2, -0.15) is 0 Å². The van der Waals surface area contributed by atoms with E-state index in [4.69, 9.17) is 0 Å². The van der Waals surface area contributed by atoms with Crippen molar-refractivity contribution in [3.8, 4) is 11.1 Å². The molecule has 0 aliphatic carbocycles. The number of benzene rings is 4. The van der Waals surface area contributed by atoms with Gasteiger partial charge in [0.25, 0.3) is 0 Å². The van der Waals surface area contributed by atoms with Gasteiger partial charge in [-0.3, -0.25) is 9.59 Å². The molecule has 0 saturated carbocycles. The summed E-state index contributed by atoms with van der Waals surface area (Å²) >= 11 is 0. The molecule has 6 nitrogen and oxygen atoms in total. The maximum Gasteiger partial charge on any atom is 0.326 e. The molecule has 234 valence electrons. The van der Waals surface area contributed by atoms with E-state index in [1.54, 1.807) is 60.7 Å². The van der Waals surface area contributed by atoms with E-state index in [1.807, 2.05) is 37.3 Å². The minimum Gasteiger partial charge on any atom is -0.480 e. The lowest BCUT2D eigenvalue weighted by molar-refractivity contribution is -0.137. The van der Waals surface area contributed by atoms with Crippen LogP contribution in [0, 0.1) is 11.7 Å². The SMILES string of the molecule is CCCCCCC(C)C(=O)NCc1cc(-c2ccc(CC(Nc3ccccc3C(=O)c3ccccc3)C(=O)O)cc2)ccc1F. The molecule has 2 unspecified atom stereocenters. The van der Waals surface area contributed by atoms with Crippen LogP contribution in [0.4, 0.5) is 10.1 Å². The lowest BCUT2D eigenvalue weighted by Gasteiger charge is -2.18. The molecule has 4 rings (SSSR count). The number of nitrogens with one attached hydrogen (secondary N) is 2. The third-order valence-electron chi connectivity index (χ3n) is 8.00. The Kier molecular flexibility index (Phi) is 12.0. The average molecular weight is 609 g/mol. The monoisotopic (exact) mass is 608 g/mol. The number of para-hydroxylation sites is 1. The van der Waals surface area contributed by atoms with Gasteiger partial charge in [-0.1, -0.05) is 112 Å². The van der Waals surface area contributed by atoms with Crippen LogP contribution in [-0.2, 0) is 22.6 Å². The number of amides is 1. The van der Waals surface area contributed by atoms with E-state index in [2.05, 4.69) is 17.6 Å². The minimum absolute atomic E-state index is 0.0747. The highest BCUT2D eigenvalue weighted by molar-refractivity contribution is 6.12. The number of hydrogen-bond donors (Lipinski definition) is 3. The Labute approximate surface area is 264 Å². The number of carbonyl (C=O) groups is 3. The zero-order chi connectivity index (χ0) is 32.2. The van der Waals surface area contributed by atoms with Gasteiger partial charge in [0.1, 0.15) is 11.9 Å². The normalized spacial score (nSPS) is 12.2. The number of halogens is 1. The molecule has 4 aromatic rings. The first-order valence-electron chi connectivity index (χ1n) is 15.6. The first kappa shape index (κ1) is 33.1. The lowest BCUT2D eigenvalue weighted by Crippen LogP contribution is -2.32. The first-order chi connectivity index (χ1) is 21.8. The van der Waals surface area contributed by atoms with Crippen LogP contribution >= 0.6 is 0 Å². The van der Waals surface area contributed by atoms with Crippen LogP contribution in [0.25, 0.3) is 11.1 Å². The Balaban J connectivity index is 1.41. The second kappa shape index (κ2) is 16.3. The molecule has 0 fully saturated rings. The molecular weight excluding hydrogens is 567 g/mol. The molecule has 4 aromatic carbocycles. The lowest BCUT2D eigenvalue weighted by atomic mass is 9.98. The number of carboxylic acid groups (broad SMARTS) is 1. The average Bonchev–Trinajstić information content (AvgIpc) is 3.06. The predicted molar refractivity (Wildman–Crippen MR) is 177 cm³/mol. The highest BCUT2D eigenvalue weighted by Gasteiger charge is 2.21. The van der Waals surface area contributed by atoms with Crippen LogP contribution in [-0.4, -0.2) is 28.8 Å². The zero-order valence-corrected chi connectivity index (χ0v) is 25.9. The third kappa shape index (κ3) is 9.35. The number of unbranched alkanes of at least 4 members (excludes halogenated alkanes) is 3. The topological polar surface area (TPSA) is 95.5 Å². The molecule has 0 saturated heterocycles. The van der Waals surface area contributed by atoms with Gasteiger partial charge in [-0.25, -0.2) is 9.18 Å². The summed E-state index contributed by atoms with van der Waals surface area (Å²) in [5.74, 6) is -1.81. The van der Waals surface area contributed by atoms with Gasteiger partial charge >= 0.3 is 5.97 Å². The van der Waals surface area contributed by atoms with Gasteiger partial charge in [-0.05, 0) is 47.4 Å². The fourth-order valence-electron chi connectivity index (χ4n) is 5.26. The highest BCUT2D eigenvalue weighted by atomic mass is 19.1. The molecule has 0 radical (unpaired) electrons. The summed E-state index contributed by atoms with van der Waals surface area (Å²) in [4.78, 5) is 37.9. The van der Waals surface area contributed by atoms with E-state index in [0.717, 1.165) is 48.8 Å². The number of ketones is 1. The molecule has 0 bridgehead atoms. The molecule has 1 amide bonds. The molecule has 0 aliphatic heterocycles. The summed E-state index contributed by atoms with van der Waals surface area (Å²) in [6.07, 6.45) is 5.43. The van der Waals surface area contributed by atoms with Crippen LogP contribution in [0.5, 0.6) is 0 Å². The number of aliphatic carboxylic acids is 1. The van der Waals surface area contributed by atoms with Crippen LogP contribution in [0.3, 0.4) is 0 Å². The molecule has 3 N–H and O–H groups in total. The smallest absolute Gasteiger partial charge is 0.326 e. The van der Waals surface area contributed by atoms with Crippen molar-refractivity contribution >= 4 is 23.3 Å². The maximum atomic E-state index is 14.6. The van der Waals surface area contributed by atoms with Crippen molar-refractivity contribution in [1.82, 2.24) is 5.32 Å². The fourth-order valence-corrected chi connectivity index (χ4v) is 5.26. The second-order valence-corrected chi connectivity index (χ2v) is 11.5. The molecule has 45 heavy (non-hydrogen) atoms. The molecular formula is C38H41FN2O4. The van der Waals surface area contributed by atoms with E-state index >= 15 is 0 Å². The van der Waals surface area contributed by atoms with Crippen molar-refractivity contribution < 1.29 is 23.9 Å². The molecule has 2 atom stereocenters. The molecule has 0 heterocycles. The van der Waals surface area contributed by atoms with Crippen LogP contribution in [0.2, 0.25) is 0 Å². The Morgan fingerprint density at radius 1 is 0.822 bits per heavy atom. The van der Waals surface area contributed by atoms with Gasteiger partial charge in [0, 0.05) is 41.3 Å². The summed E-state index contributed by atoms with van der Waals surface area (Å²) in [7, 11) is 0. The Bertz CT molecular complexity index is 1590. The van der Waals surface area contributed by atoms with Gasteiger partial charge in [0.05, 0.1) is 0 Å². The minimum atomic E-state index is -1.04. The molecule has 0 aromatic heterocycles. The van der Waals surface area contributed by atoms with Crippen LogP contribution < -0.4 is 10.6 Å². The van der Waals surface area contributed by atoms with Crippen molar-refractivity contribution in [1.29, 1.82) is 0 Å². The predicted octanol–water partition coefficient (Wildman–Crippen LogP) is 8.05. The Morgan fingerprint density at radius 3 is 2.22 bits per heavy atom. The first-order valence-corrected chi connectivity index (χ1v) is 15.6. The quantitative estimate of drug-likeness (QED) is 0.0884.